The second-order valence-corrected chi connectivity index (χ2v) is 4.97. The summed E-state index contributed by atoms with van der Waals surface area (Å²) < 4.78 is 2.06. The van der Waals surface area contributed by atoms with E-state index in [-0.39, 0.29) is 0 Å². The highest BCUT2D eigenvalue weighted by atomic mass is 35.5. The van der Waals surface area contributed by atoms with Crippen molar-refractivity contribution < 1.29 is 0 Å². The topological polar surface area (TPSA) is 29.9 Å². The van der Waals surface area contributed by atoms with E-state index in [0.717, 1.165) is 36.8 Å². The molecule has 2 aromatic rings. The predicted molar refractivity (Wildman–Crippen MR) is 79.3 cm³/mol. The molecule has 2 rings (SSSR count). The fourth-order valence-corrected chi connectivity index (χ4v) is 2.30. The Bertz CT molecular complexity index is 534. The number of halogens is 1. The van der Waals surface area contributed by atoms with Crippen molar-refractivity contribution >= 4 is 11.6 Å². The first-order valence-electron chi connectivity index (χ1n) is 6.73. The summed E-state index contributed by atoms with van der Waals surface area (Å²) in [6.45, 7) is 6.80. The second kappa shape index (κ2) is 6.73. The summed E-state index contributed by atoms with van der Waals surface area (Å²) >= 11 is 5.97. The molecule has 0 bridgehead atoms. The van der Waals surface area contributed by atoms with Crippen LogP contribution in [-0.2, 0) is 26.1 Å². The zero-order valence-electron chi connectivity index (χ0n) is 11.5. The molecule has 102 valence electrons. The number of aryl methyl sites for hydroxylation is 2. The molecule has 0 saturated heterocycles. The number of hydrogen-bond acceptors (Lipinski definition) is 2. The molecule has 0 atom stereocenters. The Labute approximate surface area is 119 Å². The van der Waals surface area contributed by atoms with E-state index in [1.54, 1.807) is 0 Å². The third-order valence-corrected chi connectivity index (χ3v) is 3.34. The number of hydrogen-bond donors (Lipinski definition) is 1. The zero-order chi connectivity index (χ0) is 13.7. The molecule has 1 aromatic carbocycles. The minimum absolute atomic E-state index is 0.783. The SMILES string of the molecule is CCc1cc(CNCc2cccc(Cl)c2)n(CC)n1. The monoisotopic (exact) mass is 277 g/mol. The van der Waals surface area contributed by atoms with Crippen molar-refractivity contribution in [2.24, 2.45) is 0 Å². The van der Waals surface area contributed by atoms with Crippen molar-refractivity contribution in [2.75, 3.05) is 0 Å². The number of nitrogens with one attached hydrogen (secondary N) is 1. The van der Waals surface area contributed by atoms with Crippen LogP contribution in [-0.4, -0.2) is 9.78 Å². The Balaban J connectivity index is 1.93. The van der Waals surface area contributed by atoms with Gasteiger partial charge in [-0.3, -0.25) is 4.68 Å². The van der Waals surface area contributed by atoms with Crippen molar-refractivity contribution in [3.05, 3.63) is 52.3 Å². The van der Waals surface area contributed by atoms with Gasteiger partial charge in [0.15, 0.2) is 0 Å². The highest BCUT2D eigenvalue weighted by molar-refractivity contribution is 6.30. The van der Waals surface area contributed by atoms with Crippen LogP contribution in [0.25, 0.3) is 0 Å². The number of aromatic nitrogens is 2. The van der Waals surface area contributed by atoms with Crippen LogP contribution in [0.15, 0.2) is 30.3 Å². The van der Waals surface area contributed by atoms with Gasteiger partial charge in [0, 0.05) is 24.7 Å². The van der Waals surface area contributed by atoms with E-state index < -0.39 is 0 Å². The van der Waals surface area contributed by atoms with Gasteiger partial charge in [0.1, 0.15) is 0 Å². The summed E-state index contributed by atoms with van der Waals surface area (Å²) in [6.07, 6.45) is 0.980. The molecule has 1 heterocycles. The molecule has 1 N–H and O–H groups in total. The van der Waals surface area contributed by atoms with Crippen molar-refractivity contribution in [3.8, 4) is 0 Å². The molecule has 0 spiro atoms. The van der Waals surface area contributed by atoms with Gasteiger partial charge in [-0.1, -0.05) is 30.7 Å². The molecular formula is C15H20ClN3. The first-order chi connectivity index (χ1) is 9.22. The Hall–Kier alpha value is -1.32. The molecule has 4 heteroatoms. The third-order valence-electron chi connectivity index (χ3n) is 3.10. The lowest BCUT2D eigenvalue weighted by Crippen LogP contribution is -2.16. The fourth-order valence-electron chi connectivity index (χ4n) is 2.09. The van der Waals surface area contributed by atoms with E-state index in [1.165, 1.54) is 11.3 Å². The maximum absolute atomic E-state index is 5.97. The Morgan fingerprint density at radius 1 is 1.21 bits per heavy atom. The molecule has 0 aliphatic rings. The average molecular weight is 278 g/mol. The molecular weight excluding hydrogens is 258 g/mol. The molecule has 19 heavy (non-hydrogen) atoms. The molecule has 0 unspecified atom stereocenters. The molecule has 0 saturated carbocycles. The lowest BCUT2D eigenvalue weighted by Gasteiger charge is -2.07. The van der Waals surface area contributed by atoms with Crippen LogP contribution >= 0.6 is 11.6 Å². The zero-order valence-corrected chi connectivity index (χ0v) is 12.2. The summed E-state index contributed by atoms with van der Waals surface area (Å²) in [5.74, 6) is 0. The van der Waals surface area contributed by atoms with Gasteiger partial charge in [-0.2, -0.15) is 5.10 Å². The molecule has 0 aliphatic heterocycles. The first kappa shape index (κ1) is 14.1. The lowest BCUT2D eigenvalue weighted by molar-refractivity contribution is 0.577. The van der Waals surface area contributed by atoms with Gasteiger partial charge in [-0.25, -0.2) is 0 Å². The van der Waals surface area contributed by atoms with Gasteiger partial charge >= 0.3 is 0 Å². The smallest absolute Gasteiger partial charge is 0.0625 e. The van der Waals surface area contributed by atoms with E-state index in [2.05, 4.69) is 41.1 Å². The maximum Gasteiger partial charge on any atom is 0.0625 e. The van der Waals surface area contributed by atoms with Gasteiger partial charge in [0.05, 0.1) is 11.4 Å². The van der Waals surface area contributed by atoms with E-state index in [0.29, 0.717) is 0 Å². The van der Waals surface area contributed by atoms with Crippen LogP contribution in [0.4, 0.5) is 0 Å². The van der Waals surface area contributed by atoms with Gasteiger partial charge in [-0.15, -0.1) is 0 Å². The molecule has 1 aromatic heterocycles. The van der Waals surface area contributed by atoms with Gasteiger partial charge in [0.25, 0.3) is 0 Å². The van der Waals surface area contributed by atoms with Crippen LogP contribution in [0, 0.1) is 0 Å². The van der Waals surface area contributed by atoms with Gasteiger partial charge in [-0.05, 0) is 37.1 Å². The number of nitrogens with zero attached hydrogens (tertiary/aromatic N) is 2. The Kier molecular flexibility index (Phi) is 5.00. The standard InChI is InChI=1S/C15H20ClN3/c1-3-14-9-15(19(4-2)18-14)11-17-10-12-6-5-7-13(16)8-12/h5-9,17H,3-4,10-11H2,1-2H3. The number of benzene rings is 1. The maximum atomic E-state index is 5.97. The lowest BCUT2D eigenvalue weighted by atomic mass is 10.2. The normalized spacial score (nSPS) is 10.9. The quantitative estimate of drug-likeness (QED) is 0.877. The van der Waals surface area contributed by atoms with E-state index >= 15 is 0 Å². The van der Waals surface area contributed by atoms with Gasteiger partial charge in [0.2, 0.25) is 0 Å². The van der Waals surface area contributed by atoms with Crippen molar-refractivity contribution in [3.63, 3.8) is 0 Å². The van der Waals surface area contributed by atoms with E-state index in [9.17, 15) is 0 Å². The second-order valence-electron chi connectivity index (χ2n) is 4.53. The average Bonchev–Trinajstić information content (AvgIpc) is 2.81. The molecule has 3 nitrogen and oxygen atoms in total. The highest BCUT2D eigenvalue weighted by Gasteiger charge is 2.05. The van der Waals surface area contributed by atoms with Crippen LogP contribution in [0.3, 0.4) is 0 Å². The van der Waals surface area contributed by atoms with Crippen molar-refractivity contribution in [2.45, 2.75) is 39.9 Å². The predicted octanol–water partition coefficient (Wildman–Crippen LogP) is 3.41. The highest BCUT2D eigenvalue weighted by Crippen LogP contribution is 2.11. The molecule has 0 fully saturated rings. The van der Waals surface area contributed by atoms with E-state index in [4.69, 9.17) is 11.6 Å². The molecule has 0 aliphatic carbocycles. The van der Waals surface area contributed by atoms with Crippen LogP contribution in [0.2, 0.25) is 5.02 Å². The first-order valence-corrected chi connectivity index (χ1v) is 7.11. The summed E-state index contributed by atoms with van der Waals surface area (Å²) in [4.78, 5) is 0. The molecule has 0 radical (unpaired) electrons. The largest absolute Gasteiger partial charge is 0.307 e. The van der Waals surface area contributed by atoms with Gasteiger partial charge < -0.3 is 5.32 Å². The van der Waals surface area contributed by atoms with Crippen LogP contribution < -0.4 is 5.32 Å². The van der Waals surface area contributed by atoms with Crippen molar-refractivity contribution in [1.29, 1.82) is 0 Å². The number of rotatable bonds is 6. The molecule has 0 amide bonds. The Morgan fingerprint density at radius 3 is 2.74 bits per heavy atom. The summed E-state index contributed by atoms with van der Waals surface area (Å²) in [7, 11) is 0. The van der Waals surface area contributed by atoms with Crippen LogP contribution in [0.5, 0.6) is 0 Å². The minimum atomic E-state index is 0.783. The fraction of sp³-hybridized carbons (Fsp3) is 0.400. The third kappa shape index (κ3) is 3.82. The summed E-state index contributed by atoms with van der Waals surface area (Å²) in [5.41, 5.74) is 3.59. The summed E-state index contributed by atoms with van der Waals surface area (Å²) in [6, 6.07) is 10.1. The Morgan fingerprint density at radius 2 is 2.05 bits per heavy atom. The van der Waals surface area contributed by atoms with E-state index in [1.807, 2.05) is 18.2 Å². The minimum Gasteiger partial charge on any atom is -0.307 e. The summed E-state index contributed by atoms with van der Waals surface area (Å²) in [5, 5.41) is 8.76. The van der Waals surface area contributed by atoms with Crippen LogP contribution in [0.1, 0.15) is 30.8 Å². The van der Waals surface area contributed by atoms with Crippen molar-refractivity contribution in [1.82, 2.24) is 15.1 Å².